The highest BCUT2D eigenvalue weighted by Gasteiger charge is 2.57. The summed E-state index contributed by atoms with van der Waals surface area (Å²) in [5.41, 5.74) is 7.78. The number of carbonyl (C=O) groups excluding carboxylic acids is 3. The van der Waals surface area contributed by atoms with Crippen molar-refractivity contribution in [2.45, 2.75) is 76.7 Å². The summed E-state index contributed by atoms with van der Waals surface area (Å²) in [6, 6.07) is -0.172. The van der Waals surface area contributed by atoms with E-state index in [4.69, 9.17) is 20.2 Å². The van der Waals surface area contributed by atoms with Gasteiger partial charge in [-0.3, -0.25) is 19.4 Å². The standard InChI is InChI=1S/C29H40N6O5/c1-3-8-20(22(30)19-9-4-5-10-21(19)36)24(37)25-31-26-23(33(2)28(38)35(26)15-16-39-18-35)27(32-25)40-17-29-11-6-13-34(29)14-7-12-29/h19H,3-18H2,1-2H3,(H-,30,37)/p+1/t19-,35?/m0/s1. The molecule has 1 aromatic heterocycles. The van der Waals surface area contributed by atoms with Crippen LogP contribution in [0.5, 0.6) is 5.88 Å². The SMILES string of the molecule is CCC/C(C(=O)c1nc(OCC23CCCN2CCC3)c2c(n1)[N+]1(CCOC1)C(=O)N2C)=C(/N)[C@H]1CCCCC1=O. The number of allylic oxidation sites excluding steroid dienone is 2. The molecule has 4 fully saturated rings. The van der Waals surface area contributed by atoms with Crippen LogP contribution in [0.4, 0.5) is 16.3 Å². The number of anilines is 1. The number of carbonyl (C=O) groups is 3. The Hall–Kier alpha value is -2.89. The Morgan fingerprint density at radius 1 is 1.18 bits per heavy atom. The zero-order valence-electron chi connectivity index (χ0n) is 23.7. The van der Waals surface area contributed by atoms with Crippen molar-refractivity contribution >= 4 is 29.1 Å². The van der Waals surface area contributed by atoms with Crippen molar-refractivity contribution in [1.29, 1.82) is 0 Å². The molecular weight excluding hydrogens is 512 g/mol. The molecule has 0 radical (unpaired) electrons. The molecule has 1 saturated carbocycles. The fraction of sp³-hybridized carbons (Fsp3) is 0.690. The maximum Gasteiger partial charge on any atom is 0.432 e. The number of Topliss-reactive ketones (excluding diaryl/α,β-unsaturated/α-hetero) is 2. The maximum absolute atomic E-state index is 14.1. The van der Waals surface area contributed by atoms with Gasteiger partial charge in [0.25, 0.3) is 5.82 Å². The molecule has 5 heterocycles. The van der Waals surface area contributed by atoms with Crippen LogP contribution in [0.3, 0.4) is 0 Å². The molecular formula is C29H41N6O5+. The van der Waals surface area contributed by atoms with E-state index >= 15 is 0 Å². The third-order valence-corrected chi connectivity index (χ3v) is 9.70. The molecule has 2 N–H and O–H groups in total. The van der Waals surface area contributed by atoms with E-state index in [0.717, 1.165) is 51.6 Å². The van der Waals surface area contributed by atoms with Crippen LogP contribution in [0.1, 0.15) is 81.8 Å². The zero-order valence-corrected chi connectivity index (χ0v) is 23.7. The van der Waals surface area contributed by atoms with E-state index in [9.17, 15) is 14.4 Å². The fourth-order valence-electron chi connectivity index (χ4n) is 7.47. The normalized spacial score (nSPS) is 28.2. The number of rotatable bonds is 8. The summed E-state index contributed by atoms with van der Waals surface area (Å²) in [7, 11) is 1.70. The summed E-state index contributed by atoms with van der Waals surface area (Å²) in [4.78, 5) is 53.9. The van der Waals surface area contributed by atoms with Gasteiger partial charge in [-0.05, 0) is 58.0 Å². The van der Waals surface area contributed by atoms with Crippen LogP contribution in [0, 0.1) is 5.92 Å². The molecule has 11 nitrogen and oxygen atoms in total. The topological polar surface area (TPSA) is 128 Å². The van der Waals surface area contributed by atoms with Crippen LogP contribution < -0.4 is 19.9 Å². The Bertz CT molecular complexity index is 1250. The Kier molecular flexibility index (Phi) is 7.16. The second-order valence-electron chi connectivity index (χ2n) is 12.1. The molecule has 1 aromatic rings. The molecule has 3 saturated heterocycles. The first kappa shape index (κ1) is 27.3. The lowest BCUT2D eigenvalue weighted by molar-refractivity contribution is -0.123. The second kappa shape index (κ2) is 10.5. The molecule has 0 bridgehead atoms. The number of quaternary nitrogens is 1. The van der Waals surface area contributed by atoms with Gasteiger partial charge in [-0.1, -0.05) is 19.8 Å². The molecule has 1 unspecified atom stereocenters. The Morgan fingerprint density at radius 2 is 1.95 bits per heavy atom. The van der Waals surface area contributed by atoms with Crippen molar-refractivity contribution in [3.63, 3.8) is 0 Å². The molecule has 11 heteroatoms. The van der Waals surface area contributed by atoms with Crippen LogP contribution >= 0.6 is 0 Å². The average Bonchev–Trinajstić information content (AvgIpc) is 3.73. The minimum Gasteiger partial charge on any atom is -0.474 e. The number of ketones is 2. The van der Waals surface area contributed by atoms with Crippen molar-refractivity contribution in [3.8, 4) is 5.88 Å². The minimum atomic E-state index is -0.447. The molecule has 4 aliphatic heterocycles. The molecule has 2 atom stereocenters. The smallest absolute Gasteiger partial charge is 0.432 e. The van der Waals surface area contributed by atoms with E-state index in [1.807, 2.05) is 6.92 Å². The van der Waals surface area contributed by atoms with E-state index in [1.165, 1.54) is 0 Å². The maximum atomic E-state index is 14.1. The van der Waals surface area contributed by atoms with Crippen LogP contribution in [0.25, 0.3) is 0 Å². The van der Waals surface area contributed by atoms with E-state index in [-0.39, 0.29) is 40.3 Å². The first-order valence-electron chi connectivity index (χ1n) is 14.9. The van der Waals surface area contributed by atoms with Crippen LogP contribution in [0.2, 0.25) is 0 Å². The molecule has 1 aliphatic carbocycles. The Balaban J connectivity index is 1.42. The van der Waals surface area contributed by atoms with Crippen LogP contribution in [-0.4, -0.2) is 84.6 Å². The zero-order chi connectivity index (χ0) is 28.1. The predicted octanol–water partition coefficient (Wildman–Crippen LogP) is 3.30. The van der Waals surface area contributed by atoms with Gasteiger partial charge in [-0.25, -0.2) is 4.79 Å². The quantitative estimate of drug-likeness (QED) is 0.293. The summed E-state index contributed by atoms with van der Waals surface area (Å²) < 4.78 is 12.0. The lowest BCUT2D eigenvalue weighted by Crippen LogP contribution is -2.53. The number of fused-ring (bicyclic) bond motifs is 3. The Labute approximate surface area is 235 Å². The molecule has 0 aromatic carbocycles. The number of ether oxygens (including phenoxy) is 2. The summed E-state index contributed by atoms with van der Waals surface area (Å²) >= 11 is 0. The number of nitrogens with zero attached hydrogens (tertiary/aromatic N) is 5. The summed E-state index contributed by atoms with van der Waals surface area (Å²) in [6.45, 7) is 5.54. The number of hydrogen-bond donors (Lipinski definition) is 1. The van der Waals surface area contributed by atoms with Gasteiger partial charge in [-0.2, -0.15) is 14.5 Å². The van der Waals surface area contributed by atoms with E-state index in [2.05, 4.69) is 9.88 Å². The highest BCUT2D eigenvalue weighted by molar-refractivity contribution is 6.12. The highest BCUT2D eigenvalue weighted by atomic mass is 16.5. The fourth-order valence-corrected chi connectivity index (χ4v) is 7.47. The third kappa shape index (κ3) is 4.24. The lowest BCUT2D eigenvalue weighted by atomic mass is 9.83. The van der Waals surface area contributed by atoms with E-state index in [0.29, 0.717) is 68.2 Å². The van der Waals surface area contributed by atoms with E-state index in [1.54, 1.807) is 11.9 Å². The van der Waals surface area contributed by atoms with Gasteiger partial charge in [0.15, 0.2) is 12.4 Å². The van der Waals surface area contributed by atoms with Crippen molar-refractivity contribution in [1.82, 2.24) is 19.4 Å². The van der Waals surface area contributed by atoms with Crippen LogP contribution in [-0.2, 0) is 9.53 Å². The Morgan fingerprint density at radius 3 is 2.62 bits per heavy atom. The first-order chi connectivity index (χ1) is 19.3. The minimum absolute atomic E-state index is 0.0365. The van der Waals surface area contributed by atoms with Gasteiger partial charge in [-0.15, -0.1) is 0 Å². The lowest BCUT2D eigenvalue weighted by Gasteiger charge is -2.31. The number of amides is 2. The van der Waals surface area contributed by atoms with Gasteiger partial charge in [0.1, 0.15) is 25.5 Å². The summed E-state index contributed by atoms with van der Waals surface area (Å²) in [6.07, 6.45) is 8.40. The first-order valence-corrected chi connectivity index (χ1v) is 14.9. The van der Waals surface area contributed by atoms with Crippen molar-refractivity contribution in [2.24, 2.45) is 11.7 Å². The summed E-state index contributed by atoms with van der Waals surface area (Å²) in [5, 5.41) is 0. The van der Waals surface area contributed by atoms with Gasteiger partial charge in [0, 0.05) is 24.7 Å². The number of aromatic nitrogens is 2. The molecule has 216 valence electrons. The third-order valence-electron chi connectivity index (χ3n) is 9.70. The van der Waals surface area contributed by atoms with Crippen molar-refractivity contribution in [2.75, 3.05) is 51.5 Å². The predicted molar refractivity (Wildman–Crippen MR) is 149 cm³/mol. The average molecular weight is 554 g/mol. The molecule has 6 rings (SSSR count). The molecule has 2 amide bonds. The summed E-state index contributed by atoms with van der Waals surface area (Å²) in [5.74, 6) is -0.101. The molecule has 1 spiro atoms. The molecule has 40 heavy (non-hydrogen) atoms. The van der Waals surface area contributed by atoms with Crippen LogP contribution in [0.15, 0.2) is 11.3 Å². The molecule has 5 aliphatic rings. The second-order valence-corrected chi connectivity index (χ2v) is 12.1. The number of hydrogen-bond acceptors (Lipinski definition) is 9. The number of nitrogens with two attached hydrogens (primary N) is 1. The van der Waals surface area contributed by atoms with Gasteiger partial charge >= 0.3 is 6.03 Å². The van der Waals surface area contributed by atoms with Crippen molar-refractivity contribution in [3.05, 3.63) is 17.1 Å². The van der Waals surface area contributed by atoms with Gasteiger partial charge in [0.2, 0.25) is 17.5 Å². The largest absolute Gasteiger partial charge is 0.474 e. The monoisotopic (exact) mass is 553 g/mol. The number of urea groups is 1. The van der Waals surface area contributed by atoms with Crippen molar-refractivity contribution < 1.29 is 23.9 Å². The van der Waals surface area contributed by atoms with E-state index < -0.39 is 11.7 Å². The highest BCUT2D eigenvalue weighted by Crippen LogP contribution is 2.48. The van der Waals surface area contributed by atoms with Gasteiger partial charge < -0.3 is 15.2 Å². The van der Waals surface area contributed by atoms with Gasteiger partial charge in [0.05, 0.1) is 11.5 Å².